The molecule has 0 spiro atoms. The number of ether oxygens (including phenoxy) is 2. The number of pyridine rings is 1. The molecule has 1 aromatic heterocycles. The second-order valence-corrected chi connectivity index (χ2v) is 6.75. The van der Waals surface area contributed by atoms with Crippen molar-refractivity contribution < 1.29 is 19.1 Å². The number of rotatable bonds is 3. The van der Waals surface area contributed by atoms with Crippen molar-refractivity contribution in [2.45, 2.75) is 6.04 Å². The molecule has 3 aromatic rings. The van der Waals surface area contributed by atoms with Gasteiger partial charge >= 0.3 is 0 Å². The number of nitrogens with zero attached hydrogens (tertiary/aromatic N) is 3. The molecule has 2 aliphatic rings. The lowest BCUT2D eigenvalue weighted by molar-refractivity contribution is -0.128. The van der Waals surface area contributed by atoms with E-state index < -0.39 is 6.04 Å². The summed E-state index contributed by atoms with van der Waals surface area (Å²) in [5.74, 6) is 0.786. The van der Waals surface area contributed by atoms with Gasteiger partial charge in [-0.15, -0.1) is 0 Å². The van der Waals surface area contributed by atoms with Crippen LogP contribution < -0.4 is 19.3 Å². The van der Waals surface area contributed by atoms with Crippen LogP contribution in [0, 0.1) is 0 Å². The number of anilines is 2. The van der Waals surface area contributed by atoms with Crippen LogP contribution in [0.2, 0.25) is 0 Å². The Morgan fingerprint density at radius 2 is 1.72 bits per heavy atom. The van der Waals surface area contributed by atoms with Gasteiger partial charge in [-0.1, -0.05) is 24.3 Å². The van der Waals surface area contributed by atoms with E-state index in [4.69, 9.17) is 9.47 Å². The molecule has 1 fully saturated rings. The minimum absolute atomic E-state index is 0.0476. The molecule has 1 atom stereocenters. The third-order valence-corrected chi connectivity index (χ3v) is 5.02. The highest BCUT2D eigenvalue weighted by Crippen LogP contribution is 2.40. The van der Waals surface area contributed by atoms with Crippen molar-refractivity contribution in [3.63, 3.8) is 0 Å². The number of carbonyl (C=O) groups is 2. The molecule has 1 saturated heterocycles. The number of piperazine rings is 1. The van der Waals surface area contributed by atoms with Gasteiger partial charge in [0.25, 0.3) is 5.91 Å². The summed E-state index contributed by atoms with van der Waals surface area (Å²) in [6, 6.07) is 17.2. The van der Waals surface area contributed by atoms with Gasteiger partial charge in [-0.25, -0.2) is 0 Å². The quantitative estimate of drug-likeness (QED) is 0.691. The van der Waals surface area contributed by atoms with Gasteiger partial charge in [0, 0.05) is 35.4 Å². The average Bonchev–Trinajstić information content (AvgIpc) is 3.24. The van der Waals surface area contributed by atoms with Crippen LogP contribution in [0.5, 0.6) is 11.5 Å². The molecule has 2 aromatic carbocycles. The van der Waals surface area contributed by atoms with Crippen molar-refractivity contribution in [1.29, 1.82) is 0 Å². The average molecular weight is 387 g/mol. The van der Waals surface area contributed by atoms with Gasteiger partial charge in [0.1, 0.15) is 12.6 Å². The first-order valence-electron chi connectivity index (χ1n) is 9.20. The number of fused-ring (bicyclic) bond motifs is 1. The van der Waals surface area contributed by atoms with Gasteiger partial charge in [0.2, 0.25) is 12.7 Å². The molecule has 7 heteroatoms. The third kappa shape index (κ3) is 2.97. The van der Waals surface area contributed by atoms with Gasteiger partial charge in [-0.3, -0.25) is 19.5 Å². The molecule has 144 valence electrons. The standard InChI is InChI=1S/C22H17N3O4/c26-20-13-24(16-6-2-1-3-7-16)22(27)21(15-5-4-10-23-12-15)25(20)17-8-9-18-19(11-17)29-14-28-18/h1-12,21H,13-14H2. The molecule has 0 radical (unpaired) electrons. The lowest BCUT2D eigenvalue weighted by atomic mass is 10.0. The molecule has 0 saturated carbocycles. The Morgan fingerprint density at radius 1 is 0.897 bits per heavy atom. The molecule has 3 heterocycles. The van der Waals surface area contributed by atoms with Gasteiger partial charge in [0.15, 0.2) is 11.5 Å². The smallest absolute Gasteiger partial charge is 0.255 e. The molecular formula is C22H17N3O4. The fourth-order valence-electron chi connectivity index (χ4n) is 3.68. The van der Waals surface area contributed by atoms with Crippen LogP contribution in [0.4, 0.5) is 11.4 Å². The van der Waals surface area contributed by atoms with E-state index >= 15 is 0 Å². The molecule has 2 amide bonds. The molecule has 29 heavy (non-hydrogen) atoms. The van der Waals surface area contributed by atoms with Gasteiger partial charge in [-0.05, 0) is 30.3 Å². The van der Waals surface area contributed by atoms with Crippen molar-refractivity contribution >= 4 is 23.2 Å². The maximum Gasteiger partial charge on any atom is 0.255 e. The molecule has 1 unspecified atom stereocenters. The maximum absolute atomic E-state index is 13.5. The number of benzene rings is 2. The van der Waals surface area contributed by atoms with Crippen LogP contribution in [0.1, 0.15) is 11.6 Å². The van der Waals surface area contributed by atoms with E-state index in [1.165, 1.54) is 9.80 Å². The predicted molar refractivity (Wildman–Crippen MR) is 106 cm³/mol. The van der Waals surface area contributed by atoms with Crippen LogP contribution in [0.15, 0.2) is 73.1 Å². The minimum Gasteiger partial charge on any atom is -0.454 e. The van der Waals surface area contributed by atoms with E-state index in [0.717, 1.165) is 0 Å². The van der Waals surface area contributed by atoms with Crippen LogP contribution >= 0.6 is 0 Å². The summed E-state index contributed by atoms with van der Waals surface area (Å²) >= 11 is 0. The first-order valence-corrected chi connectivity index (χ1v) is 9.20. The number of carbonyl (C=O) groups excluding carboxylic acids is 2. The van der Waals surface area contributed by atoms with Crippen LogP contribution in [0.25, 0.3) is 0 Å². The summed E-state index contributed by atoms with van der Waals surface area (Å²) in [6.45, 7) is 0.0908. The number of aromatic nitrogens is 1. The largest absolute Gasteiger partial charge is 0.454 e. The van der Waals surface area contributed by atoms with Gasteiger partial charge in [-0.2, -0.15) is 0 Å². The van der Waals surface area contributed by atoms with Crippen molar-refractivity contribution in [1.82, 2.24) is 4.98 Å². The fourth-order valence-corrected chi connectivity index (χ4v) is 3.68. The Labute approximate surface area is 167 Å². The second-order valence-electron chi connectivity index (χ2n) is 6.75. The zero-order valence-corrected chi connectivity index (χ0v) is 15.4. The highest BCUT2D eigenvalue weighted by molar-refractivity contribution is 6.14. The zero-order chi connectivity index (χ0) is 19.8. The number of amides is 2. The number of hydrogen-bond donors (Lipinski definition) is 0. The predicted octanol–water partition coefficient (Wildman–Crippen LogP) is 2.93. The minimum atomic E-state index is -0.828. The Hall–Kier alpha value is -3.87. The Morgan fingerprint density at radius 3 is 2.52 bits per heavy atom. The van der Waals surface area contributed by atoms with Crippen LogP contribution in [0.3, 0.4) is 0 Å². The summed E-state index contributed by atoms with van der Waals surface area (Å²) in [7, 11) is 0. The molecule has 0 aliphatic carbocycles. The topological polar surface area (TPSA) is 72.0 Å². The van der Waals surface area contributed by atoms with Crippen molar-refractivity contribution in [3.8, 4) is 11.5 Å². The van der Waals surface area contributed by atoms with Crippen LogP contribution in [-0.2, 0) is 9.59 Å². The normalized spacial score (nSPS) is 18.3. The van der Waals surface area contributed by atoms with Crippen molar-refractivity contribution in [3.05, 3.63) is 78.6 Å². The van der Waals surface area contributed by atoms with E-state index in [1.807, 2.05) is 30.3 Å². The molecule has 0 bridgehead atoms. The summed E-state index contributed by atoms with van der Waals surface area (Å²) < 4.78 is 10.8. The van der Waals surface area contributed by atoms with E-state index in [1.54, 1.807) is 42.7 Å². The van der Waals surface area contributed by atoms with E-state index in [9.17, 15) is 9.59 Å². The highest BCUT2D eigenvalue weighted by atomic mass is 16.7. The highest BCUT2D eigenvalue weighted by Gasteiger charge is 2.42. The molecule has 7 nitrogen and oxygen atoms in total. The molecule has 2 aliphatic heterocycles. The summed E-state index contributed by atoms with van der Waals surface area (Å²) in [5, 5.41) is 0. The fraction of sp³-hybridized carbons (Fsp3) is 0.136. The third-order valence-electron chi connectivity index (χ3n) is 5.02. The zero-order valence-electron chi connectivity index (χ0n) is 15.4. The Balaban J connectivity index is 1.60. The van der Waals surface area contributed by atoms with E-state index in [2.05, 4.69) is 4.98 Å². The maximum atomic E-state index is 13.5. The lowest BCUT2D eigenvalue weighted by Gasteiger charge is -2.40. The number of para-hydroxylation sites is 1. The first-order chi connectivity index (χ1) is 14.2. The Bertz CT molecular complexity index is 1070. The van der Waals surface area contributed by atoms with Crippen molar-refractivity contribution in [2.75, 3.05) is 23.1 Å². The first kappa shape index (κ1) is 17.2. The second kappa shape index (κ2) is 6.94. The summed E-state index contributed by atoms with van der Waals surface area (Å²) in [5.41, 5.74) is 1.91. The monoisotopic (exact) mass is 387 g/mol. The van der Waals surface area contributed by atoms with E-state index in [0.29, 0.717) is 28.4 Å². The van der Waals surface area contributed by atoms with Crippen molar-refractivity contribution in [2.24, 2.45) is 0 Å². The van der Waals surface area contributed by atoms with E-state index in [-0.39, 0.29) is 25.2 Å². The lowest BCUT2D eigenvalue weighted by Crippen LogP contribution is -2.56. The molecule has 5 rings (SSSR count). The summed E-state index contributed by atoms with van der Waals surface area (Å²) in [6.07, 6.45) is 3.25. The molecule has 0 N–H and O–H groups in total. The van der Waals surface area contributed by atoms with Crippen LogP contribution in [-0.4, -0.2) is 30.1 Å². The number of hydrogen-bond acceptors (Lipinski definition) is 5. The molecular weight excluding hydrogens is 370 g/mol. The Kier molecular flexibility index (Phi) is 4.13. The van der Waals surface area contributed by atoms with Gasteiger partial charge < -0.3 is 14.4 Å². The van der Waals surface area contributed by atoms with Gasteiger partial charge in [0.05, 0.1) is 0 Å². The SMILES string of the molecule is O=C1C(c2cccnc2)N(c2ccc3c(c2)OCO3)C(=O)CN1c1ccccc1. The summed E-state index contributed by atoms with van der Waals surface area (Å²) in [4.78, 5) is 34.0.